The second kappa shape index (κ2) is 8.33. The van der Waals surface area contributed by atoms with Crippen LogP contribution < -0.4 is 20.1 Å². The maximum atomic E-state index is 5.72. The van der Waals surface area contributed by atoms with Gasteiger partial charge in [0.15, 0.2) is 5.11 Å². The lowest BCUT2D eigenvalue weighted by Gasteiger charge is -2.17. The Labute approximate surface area is 142 Å². The Morgan fingerprint density at radius 2 is 1.87 bits per heavy atom. The molecule has 0 amide bonds. The Morgan fingerprint density at radius 1 is 1.17 bits per heavy atom. The summed E-state index contributed by atoms with van der Waals surface area (Å²) in [6.45, 7) is 4.43. The van der Waals surface area contributed by atoms with E-state index >= 15 is 0 Å². The number of thiocarbonyl (C=S) groups is 1. The van der Waals surface area contributed by atoms with E-state index in [4.69, 9.17) is 21.7 Å². The number of anilines is 1. The van der Waals surface area contributed by atoms with Gasteiger partial charge >= 0.3 is 0 Å². The Balaban J connectivity index is 1.77. The topological polar surface area (TPSA) is 55.4 Å². The molecule has 0 spiro atoms. The molecule has 2 rings (SSSR count). The molecule has 5 nitrogen and oxygen atoms in total. The fraction of sp³-hybridized carbons (Fsp3) is 0.294. The molecule has 2 aromatic rings. The highest BCUT2D eigenvalue weighted by molar-refractivity contribution is 7.80. The molecule has 0 fully saturated rings. The molecule has 0 bridgehead atoms. The minimum atomic E-state index is 0.0573. The maximum Gasteiger partial charge on any atom is 0.172 e. The first kappa shape index (κ1) is 17.0. The van der Waals surface area contributed by atoms with E-state index < -0.39 is 0 Å². The molecule has 1 aromatic heterocycles. The number of aromatic nitrogens is 1. The second-order valence-electron chi connectivity index (χ2n) is 5.15. The van der Waals surface area contributed by atoms with Crippen LogP contribution in [0, 0.1) is 6.92 Å². The molecule has 0 aliphatic rings. The smallest absolute Gasteiger partial charge is 0.172 e. The van der Waals surface area contributed by atoms with Crippen molar-refractivity contribution in [1.29, 1.82) is 0 Å². The molecule has 0 aliphatic carbocycles. The third-order valence-electron chi connectivity index (χ3n) is 3.07. The van der Waals surface area contributed by atoms with Crippen LogP contribution in [0.25, 0.3) is 0 Å². The van der Waals surface area contributed by atoms with E-state index in [1.807, 2.05) is 56.3 Å². The van der Waals surface area contributed by atoms with Crippen molar-refractivity contribution in [2.75, 3.05) is 19.0 Å². The Kier molecular flexibility index (Phi) is 6.17. The number of nitrogens with zero attached hydrogens (tertiary/aromatic N) is 1. The van der Waals surface area contributed by atoms with Gasteiger partial charge in [-0.1, -0.05) is 6.07 Å². The number of ether oxygens (including phenoxy) is 2. The zero-order valence-electron chi connectivity index (χ0n) is 13.5. The molecule has 0 saturated carbocycles. The van der Waals surface area contributed by atoms with Crippen LogP contribution in [-0.4, -0.2) is 29.9 Å². The van der Waals surface area contributed by atoms with E-state index in [0.717, 1.165) is 23.0 Å². The van der Waals surface area contributed by atoms with Crippen molar-refractivity contribution in [2.45, 2.75) is 19.9 Å². The lowest BCUT2D eigenvalue weighted by Crippen LogP contribution is -2.39. The van der Waals surface area contributed by atoms with Gasteiger partial charge in [0.2, 0.25) is 0 Å². The Hall–Kier alpha value is -2.34. The predicted molar refractivity (Wildman–Crippen MR) is 96.3 cm³/mol. The van der Waals surface area contributed by atoms with Crippen LogP contribution in [-0.2, 0) is 0 Å². The summed E-state index contributed by atoms with van der Waals surface area (Å²) in [5.74, 6) is 2.32. The van der Waals surface area contributed by atoms with Crippen LogP contribution in [0.2, 0.25) is 0 Å². The highest BCUT2D eigenvalue weighted by Crippen LogP contribution is 2.17. The molecule has 122 valence electrons. The van der Waals surface area contributed by atoms with Crippen molar-refractivity contribution in [3.8, 4) is 11.5 Å². The van der Waals surface area contributed by atoms with Gasteiger partial charge in [-0.05, 0) is 62.5 Å². The SMILES string of the molecule is COc1ccc(OC[C@@H](C)NC(=S)Nc2cccc(C)n2)cc1. The van der Waals surface area contributed by atoms with E-state index in [0.29, 0.717) is 11.7 Å². The van der Waals surface area contributed by atoms with Gasteiger partial charge in [0.05, 0.1) is 13.2 Å². The normalized spacial score (nSPS) is 11.4. The lowest BCUT2D eigenvalue weighted by atomic mass is 10.3. The summed E-state index contributed by atoms with van der Waals surface area (Å²) in [7, 11) is 1.64. The molecule has 2 N–H and O–H groups in total. The van der Waals surface area contributed by atoms with Crippen LogP contribution in [0.5, 0.6) is 11.5 Å². The lowest BCUT2D eigenvalue weighted by molar-refractivity contribution is 0.286. The predicted octanol–water partition coefficient (Wildman–Crippen LogP) is 3.15. The molecule has 6 heteroatoms. The molecule has 1 aromatic carbocycles. The van der Waals surface area contributed by atoms with Crippen LogP contribution >= 0.6 is 12.2 Å². The van der Waals surface area contributed by atoms with Gasteiger partial charge in [-0.3, -0.25) is 0 Å². The number of benzene rings is 1. The third-order valence-corrected chi connectivity index (χ3v) is 3.29. The summed E-state index contributed by atoms with van der Waals surface area (Å²) >= 11 is 5.28. The fourth-order valence-electron chi connectivity index (χ4n) is 1.92. The van der Waals surface area contributed by atoms with Crippen molar-refractivity contribution >= 4 is 23.1 Å². The summed E-state index contributed by atoms with van der Waals surface area (Å²) in [5, 5.41) is 6.76. The summed E-state index contributed by atoms with van der Waals surface area (Å²) < 4.78 is 10.8. The van der Waals surface area contributed by atoms with Gasteiger partial charge in [-0.15, -0.1) is 0 Å². The largest absolute Gasteiger partial charge is 0.497 e. The Bertz CT molecular complexity index is 647. The van der Waals surface area contributed by atoms with Gasteiger partial charge in [0.1, 0.15) is 23.9 Å². The minimum Gasteiger partial charge on any atom is -0.497 e. The molecule has 23 heavy (non-hydrogen) atoms. The quantitative estimate of drug-likeness (QED) is 0.793. The van der Waals surface area contributed by atoms with E-state index in [1.54, 1.807) is 7.11 Å². The fourth-order valence-corrected chi connectivity index (χ4v) is 2.23. The average Bonchev–Trinajstić information content (AvgIpc) is 2.53. The first-order valence-corrected chi connectivity index (χ1v) is 7.75. The third kappa shape index (κ3) is 5.75. The summed E-state index contributed by atoms with van der Waals surface area (Å²) in [6, 6.07) is 13.3. The molecular weight excluding hydrogens is 310 g/mol. The van der Waals surface area contributed by atoms with Gasteiger partial charge in [-0.2, -0.15) is 0 Å². The van der Waals surface area contributed by atoms with Crippen molar-refractivity contribution in [2.24, 2.45) is 0 Å². The van der Waals surface area contributed by atoms with Crippen LogP contribution in [0.4, 0.5) is 5.82 Å². The van der Waals surface area contributed by atoms with Gasteiger partial charge < -0.3 is 20.1 Å². The number of hydrogen-bond donors (Lipinski definition) is 2. The van der Waals surface area contributed by atoms with Crippen molar-refractivity contribution in [3.05, 3.63) is 48.2 Å². The zero-order valence-corrected chi connectivity index (χ0v) is 14.3. The van der Waals surface area contributed by atoms with Crippen LogP contribution in [0.1, 0.15) is 12.6 Å². The monoisotopic (exact) mass is 331 g/mol. The molecular formula is C17H21N3O2S. The summed E-state index contributed by atoms with van der Waals surface area (Å²) in [5.41, 5.74) is 0.939. The molecule has 0 unspecified atom stereocenters. The number of aryl methyl sites for hydroxylation is 1. The number of hydrogen-bond acceptors (Lipinski definition) is 4. The highest BCUT2D eigenvalue weighted by Gasteiger charge is 2.06. The van der Waals surface area contributed by atoms with E-state index in [2.05, 4.69) is 15.6 Å². The summed E-state index contributed by atoms with van der Waals surface area (Å²) in [6.07, 6.45) is 0. The van der Waals surface area contributed by atoms with E-state index in [1.165, 1.54) is 0 Å². The number of methoxy groups -OCH3 is 1. The van der Waals surface area contributed by atoms with Crippen molar-refractivity contribution < 1.29 is 9.47 Å². The zero-order chi connectivity index (χ0) is 16.7. The van der Waals surface area contributed by atoms with Crippen molar-refractivity contribution in [1.82, 2.24) is 10.3 Å². The average molecular weight is 331 g/mol. The minimum absolute atomic E-state index is 0.0573. The van der Waals surface area contributed by atoms with Crippen molar-refractivity contribution in [3.63, 3.8) is 0 Å². The number of rotatable bonds is 6. The van der Waals surface area contributed by atoms with Gasteiger partial charge in [0, 0.05) is 5.69 Å². The highest BCUT2D eigenvalue weighted by atomic mass is 32.1. The molecule has 0 saturated heterocycles. The molecule has 0 aliphatic heterocycles. The molecule has 1 atom stereocenters. The van der Waals surface area contributed by atoms with E-state index in [9.17, 15) is 0 Å². The van der Waals surface area contributed by atoms with Gasteiger partial charge in [0.25, 0.3) is 0 Å². The van der Waals surface area contributed by atoms with Gasteiger partial charge in [-0.25, -0.2) is 4.98 Å². The second-order valence-corrected chi connectivity index (χ2v) is 5.56. The first-order valence-electron chi connectivity index (χ1n) is 7.35. The van der Waals surface area contributed by atoms with Crippen LogP contribution in [0.3, 0.4) is 0 Å². The molecule has 0 radical (unpaired) electrons. The Morgan fingerprint density at radius 3 is 2.52 bits per heavy atom. The summed E-state index contributed by atoms with van der Waals surface area (Å²) in [4.78, 5) is 4.35. The first-order chi connectivity index (χ1) is 11.1. The number of nitrogens with one attached hydrogen (secondary N) is 2. The van der Waals surface area contributed by atoms with E-state index in [-0.39, 0.29) is 6.04 Å². The number of pyridine rings is 1. The molecule has 1 heterocycles. The maximum absolute atomic E-state index is 5.72. The van der Waals surface area contributed by atoms with Crippen LogP contribution in [0.15, 0.2) is 42.5 Å². The standard InChI is InChI=1S/C17H21N3O2S/c1-12-5-4-6-16(18-12)20-17(23)19-13(2)11-22-15-9-7-14(21-3)8-10-15/h4-10,13H,11H2,1-3H3,(H2,18,19,20,23)/t13-/m1/s1.